The van der Waals surface area contributed by atoms with E-state index in [9.17, 15) is 0 Å². The molecule has 0 spiro atoms. The van der Waals surface area contributed by atoms with Gasteiger partial charge in [0.1, 0.15) is 0 Å². The van der Waals surface area contributed by atoms with Gasteiger partial charge in [0, 0.05) is 61.4 Å². The molecule has 6 heteroatoms. The molecular weight excluding hydrogens is 410 g/mol. The molecular formula is C27H35N5O. The second kappa shape index (κ2) is 10.6. The predicted octanol–water partition coefficient (Wildman–Crippen LogP) is 4.12. The summed E-state index contributed by atoms with van der Waals surface area (Å²) >= 11 is 0. The Labute approximate surface area is 197 Å². The molecule has 2 aromatic heterocycles. The number of hydrogen-bond donors (Lipinski definition) is 1. The van der Waals surface area contributed by atoms with E-state index < -0.39 is 0 Å². The number of pyridine rings is 1. The Morgan fingerprint density at radius 1 is 0.970 bits per heavy atom. The van der Waals surface area contributed by atoms with E-state index in [2.05, 4.69) is 62.5 Å². The van der Waals surface area contributed by atoms with Crippen LogP contribution in [0.3, 0.4) is 0 Å². The van der Waals surface area contributed by atoms with Crippen LogP contribution < -0.4 is 5.32 Å². The van der Waals surface area contributed by atoms with Crippen LogP contribution in [0.4, 0.5) is 0 Å². The molecule has 0 atom stereocenters. The number of benzene rings is 1. The van der Waals surface area contributed by atoms with Crippen molar-refractivity contribution in [2.24, 2.45) is 0 Å². The fourth-order valence-corrected chi connectivity index (χ4v) is 5.47. The molecule has 3 heterocycles. The minimum atomic E-state index is 0.260. The van der Waals surface area contributed by atoms with Gasteiger partial charge in [-0.05, 0) is 30.5 Å². The first-order valence-electron chi connectivity index (χ1n) is 12.4. The molecule has 6 nitrogen and oxygen atoms in total. The highest BCUT2D eigenvalue weighted by atomic mass is 16.5. The van der Waals surface area contributed by atoms with Gasteiger partial charge in [-0.3, -0.25) is 14.6 Å². The molecule has 0 unspecified atom stereocenters. The van der Waals surface area contributed by atoms with Crippen molar-refractivity contribution in [3.63, 3.8) is 0 Å². The van der Waals surface area contributed by atoms with Crippen molar-refractivity contribution in [3.8, 4) is 11.3 Å². The third-order valence-corrected chi connectivity index (χ3v) is 7.20. The van der Waals surface area contributed by atoms with Crippen molar-refractivity contribution in [2.75, 3.05) is 32.8 Å². The van der Waals surface area contributed by atoms with E-state index in [4.69, 9.17) is 9.84 Å². The van der Waals surface area contributed by atoms with Gasteiger partial charge >= 0.3 is 0 Å². The topological polar surface area (TPSA) is 55.2 Å². The Hall–Kier alpha value is -2.54. The van der Waals surface area contributed by atoms with Gasteiger partial charge in [-0.25, -0.2) is 0 Å². The maximum Gasteiger partial charge on any atom is 0.0983 e. The smallest absolute Gasteiger partial charge is 0.0983 e. The van der Waals surface area contributed by atoms with E-state index in [1.807, 2.05) is 18.5 Å². The molecule has 1 aliphatic heterocycles. The number of aromatic nitrogens is 3. The van der Waals surface area contributed by atoms with Crippen LogP contribution in [0, 0.1) is 0 Å². The fraction of sp³-hybridized carbons (Fsp3) is 0.481. The van der Waals surface area contributed by atoms with Crippen LogP contribution in [-0.2, 0) is 17.8 Å². The van der Waals surface area contributed by atoms with Crippen LogP contribution in [0.15, 0.2) is 61.1 Å². The van der Waals surface area contributed by atoms with Gasteiger partial charge in [0.15, 0.2) is 0 Å². The van der Waals surface area contributed by atoms with Crippen molar-refractivity contribution < 1.29 is 4.74 Å². The molecule has 0 bridgehead atoms. The normalized spacial score (nSPS) is 18.9. The van der Waals surface area contributed by atoms with Crippen LogP contribution >= 0.6 is 0 Å². The third-order valence-electron chi connectivity index (χ3n) is 7.20. The maximum atomic E-state index is 5.65. The lowest BCUT2D eigenvalue weighted by Crippen LogP contribution is -2.59. The van der Waals surface area contributed by atoms with Crippen LogP contribution in [0.25, 0.3) is 11.3 Å². The van der Waals surface area contributed by atoms with Gasteiger partial charge in [-0.2, -0.15) is 5.10 Å². The van der Waals surface area contributed by atoms with Crippen molar-refractivity contribution in [2.45, 2.75) is 50.7 Å². The first-order chi connectivity index (χ1) is 16.3. The van der Waals surface area contributed by atoms with E-state index in [1.54, 1.807) is 0 Å². The molecule has 1 aliphatic carbocycles. The lowest BCUT2D eigenvalue weighted by molar-refractivity contribution is -0.0369. The van der Waals surface area contributed by atoms with E-state index in [-0.39, 0.29) is 5.54 Å². The maximum absolute atomic E-state index is 5.65. The Morgan fingerprint density at radius 2 is 1.79 bits per heavy atom. The summed E-state index contributed by atoms with van der Waals surface area (Å²) < 4.78 is 7.71. The Morgan fingerprint density at radius 3 is 2.55 bits per heavy atom. The molecule has 174 valence electrons. The number of ether oxygens (including phenoxy) is 1. The summed E-state index contributed by atoms with van der Waals surface area (Å²) in [5.74, 6) is 0. The van der Waals surface area contributed by atoms with Crippen LogP contribution in [0.5, 0.6) is 0 Å². The predicted molar refractivity (Wildman–Crippen MR) is 131 cm³/mol. The lowest BCUT2D eigenvalue weighted by Gasteiger charge is -2.48. The zero-order valence-electron chi connectivity index (χ0n) is 19.5. The Balaban J connectivity index is 1.33. The number of nitrogens with zero attached hydrogens (tertiary/aromatic N) is 4. The van der Waals surface area contributed by atoms with Crippen LogP contribution in [-0.4, -0.2) is 58.1 Å². The SMILES string of the molecule is c1ccc(Cn2cc(CNCC3(N4CCOCC4)CCCCC3)c(-c3cccnc3)n2)cc1. The zero-order chi connectivity index (χ0) is 22.3. The number of morpholine rings is 1. The first kappa shape index (κ1) is 22.3. The summed E-state index contributed by atoms with van der Waals surface area (Å²) in [7, 11) is 0. The number of hydrogen-bond acceptors (Lipinski definition) is 5. The van der Waals surface area contributed by atoms with Crippen molar-refractivity contribution >= 4 is 0 Å². The van der Waals surface area contributed by atoms with Gasteiger partial charge in [-0.1, -0.05) is 49.6 Å². The molecule has 0 radical (unpaired) electrons. The Kier molecular flexibility index (Phi) is 7.15. The van der Waals surface area contributed by atoms with Crippen LogP contribution in [0.2, 0.25) is 0 Å². The number of nitrogens with one attached hydrogen (secondary N) is 1. The van der Waals surface area contributed by atoms with Gasteiger partial charge in [-0.15, -0.1) is 0 Å². The van der Waals surface area contributed by atoms with Crippen LogP contribution in [0.1, 0.15) is 43.2 Å². The van der Waals surface area contributed by atoms with Gasteiger partial charge < -0.3 is 10.1 Å². The minimum absolute atomic E-state index is 0.260. The molecule has 5 rings (SSSR count). The summed E-state index contributed by atoms with van der Waals surface area (Å²) in [5.41, 5.74) is 4.84. The number of rotatable bonds is 8. The van der Waals surface area contributed by atoms with E-state index in [0.717, 1.165) is 57.2 Å². The summed E-state index contributed by atoms with van der Waals surface area (Å²) in [6.45, 7) is 6.42. The summed E-state index contributed by atoms with van der Waals surface area (Å²) in [5, 5.41) is 8.80. The fourth-order valence-electron chi connectivity index (χ4n) is 5.47. The first-order valence-corrected chi connectivity index (χ1v) is 12.4. The third kappa shape index (κ3) is 5.35. The highest BCUT2D eigenvalue weighted by Crippen LogP contribution is 2.34. The summed E-state index contributed by atoms with van der Waals surface area (Å²) in [6.07, 6.45) is 12.5. The molecule has 1 N–H and O–H groups in total. The standard InChI is InChI=1S/C27H35N5O/c1-3-8-23(9-4-1)20-32-21-25(26(30-32)24-10-7-13-28-18-24)19-29-22-27(11-5-2-6-12-27)31-14-16-33-17-15-31/h1,3-4,7-10,13,18,21,29H,2,5-6,11-12,14-17,19-20,22H2. The summed E-state index contributed by atoms with van der Waals surface area (Å²) in [6, 6.07) is 14.6. The second-order valence-electron chi connectivity index (χ2n) is 9.42. The largest absolute Gasteiger partial charge is 0.379 e. The molecule has 2 aliphatic rings. The molecule has 0 amide bonds. The average molecular weight is 446 g/mol. The molecule has 2 fully saturated rings. The Bertz CT molecular complexity index is 992. The quantitative estimate of drug-likeness (QED) is 0.565. The van der Waals surface area contributed by atoms with Gasteiger partial charge in [0.2, 0.25) is 0 Å². The van der Waals surface area contributed by atoms with Crippen molar-refractivity contribution in [3.05, 3.63) is 72.2 Å². The van der Waals surface area contributed by atoms with E-state index >= 15 is 0 Å². The second-order valence-corrected chi connectivity index (χ2v) is 9.42. The van der Waals surface area contributed by atoms with E-state index in [0.29, 0.717) is 0 Å². The highest BCUT2D eigenvalue weighted by Gasteiger charge is 2.38. The molecule has 1 saturated carbocycles. The highest BCUT2D eigenvalue weighted by molar-refractivity contribution is 5.61. The monoisotopic (exact) mass is 445 g/mol. The molecule has 33 heavy (non-hydrogen) atoms. The molecule has 3 aromatic rings. The van der Waals surface area contributed by atoms with Crippen molar-refractivity contribution in [1.82, 2.24) is 25.0 Å². The van der Waals surface area contributed by atoms with Crippen molar-refractivity contribution in [1.29, 1.82) is 0 Å². The van der Waals surface area contributed by atoms with Gasteiger partial charge in [0.05, 0.1) is 25.5 Å². The minimum Gasteiger partial charge on any atom is -0.379 e. The summed E-state index contributed by atoms with van der Waals surface area (Å²) in [4.78, 5) is 7.03. The molecule has 1 aromatic carbocycles. The molecule has 1 saturated heterocycles. The van der Waals surface area contributed by atoms with E-state index in [1.165, 1.54) is 43.2 Å². The zero-order valence-corrected chi connectivity index (χ0v) is 19.5. The average Bonchev–Trinajstić information content (AvgIpc) is 3.28. The lowest BCUT2D eigenvalue weighted by atomic mass is 9.79. The van der Waals surface area contributed by atoms with Gasteiger partial charge in [0.25, 0.3) is 0 Å².